The summed E-state index contributed by atoms with van der Waals surface area (Å²) in [7, 11) is 0. The zero-order chi connectivity index (χ0) is 18.5. The van der Waals surface area contributed by atoms with Crippen LogP contribution in [0.4, 0.5) is 0 Å². The second-order valence-electron chi connectivity index (χ2n) is 7.19. The van der Waals surface area contributed by atoms with E-state index in [4.69, 9.17) is 0 Å². The van der Waals surface area contributed by atoms with E-state index in [1.54, 1.807) is 0 Å². The maximum atomic E-state index is 3.48. The average Bonchev–Trinajstić information content (AvgIpc) is 3.09. The molecule has 0 atom stereocenters. The lowest BCUT2D eigenvalue weighted by Gasteiger charge is -2.16. The number of para-hydroxylation sites is 1. The molecule has 3 heteroatoms. The Labute approximate surface area is 169 Å². The van der Waals surface area contributed by atoms with Crippen molar-refractivity contribution in [3.05, 3.63) is 36.0 Å². The van der Waals surface area contributed by atoms with Crippen molar-refractivity contribution in [2.45, 2.75) is 82.6 Å². The summed E-state index contributed by atoms with van der Waals surface area (Å²) in [4.78, 5) is 3.48. The Bertz CT molecular complexity index is 577. The molecular formula is C23H37NS2. The molecule has 0 amide bonds. The first-order valence-electron chi connectivity index (χ1n) is 10.7. The van der Waals surface area contributed by atoms with Crippen molar-refractivity contribution in [1.82, 2.24) is 4.98 Å². The van der Waals surface area contributed by atoms with Crippen LogP contribution in [0.25, 0.3) is 10.9 Å². The van der Waals surface area contributed by atoms with Crippen LogP contribution in [0.5, 0.6) is 0 Å². The van der Waals surface area contributed by atoms with Crippen LogP contribution < -0.4 is 0 Å². The van der Waals surface area contributed by atoms with Gasteiger partial charge in [0.15, 0.2) is 0 Å². The third-order valence-electron chi connectivity index (χ3n) is 4.91. The number of aromatic nitrogens is 1. The van der Waals surface area contributed by atoms with Gasteiger partial charge >= 0.3 is 0 Å². The minimum atomic E-state index is 0.573. The standard InChI is InChI=1S/C23H37NS2/c1-3-5-7-9-13-17-25-23(26-18-14-10-8-6-4-2)21-19-24-22-16-12-11-15-20(21)22/h11-12,15-16,19,23-24H,3-10,13-14,17-18H2,1-2H3. The van der Waals surface area contributed by atoms with E-state index in [0.29, 0.717) is 4.58 Å². The molecule has 1 N–H and O–H groups in total. The molecule has 1 aromatic carbocycles. The van der Waals surface area contributed by atoms with Crippen LogP contribution in [0.2, 0.25) is 0 Å². The summed E-state index contributed by atoms with van der Waals surface area (Å²) in [5, 5.41) is 1.41. The van der Waals surface area contributed by atoms with Crippen LogP contribution in [0.1, 0.15) is 88.2 Å². The van der Waals surface area contributed by atoms with Crippen LogP contribution >= 0.6 is 23.5 Å². The molecule has 0 bridgehead atoms. The summed E-state index contributed by atoms with van der Waals surface area (Å²) in [6.45, 7) is 4.58. The molecule has 2 aromatic rings. The van der Waals surface area contributed by atoms with Gasteiger partial charge < -0.3 is 4.98 Å². The van der Waals surface area contributed by atoms with E-state index >= 15 is 0 Å². The molecule has 0 unspecified atom stereocenters. The van der Waals surface area contributed by atoms with Crippen molar-refractivity contribution < 1.29 is 0 Å². The molecule has 0 saturated carbocycles. The van der Waals surface area contributed by atoms with E-state index in [2.05, 4.69) is 72.8 Å². The fraction of sp³-hybridized carbons (Fsp3) is 0.652. The molecule has 1 nitrogen and oxygen atoms in total. The molecule has 1 heterocycles. The van der Waals surface area contributed by atoms with Crippen LogP contribution in [0.3, 0.4) is 0 Å². The average molecular weight is 392 g/mol. The first kappa shape index (κ1) is 21.8. The number of H-pyrrole nitrogens is 1. The molecule has 0 radical (unpaired) electrons. The number of unbranched alkanes of at least 4 members (excludes halogenated alkanes) is 8. The van der Waals surface area contributed by atoms with Crippen molar-refractivity contribution in [1.29, 1.82) is 0 Å². The Morgan fingerprint density at radius 2 is 1.35 bits per heavy atom. The van der Waals surface area contributed by atoms with E-state index in [9.17, 15) is 0 Å². The van der Waals surface area contributed by atoms with Gasteiger partial charge in [-0.15, -0.1) is 23.5 Å². The minimum Gasteiger partial charge on any atom is -0.361 e. The summed E-state index contributed by atoms with van der Waals surface area (Å²) in [5.41, 5.74) is 2.78. The summed E-state index contributed by atoms with van der Waals surface area (Å²) >= 11 is 4.33. The molecule has 26 heavy (non-hydrogen) atoms. The smallest absolute Gasteiger partial charge is 0.0771 e. The molecule has 0 aliphatic heterocycles. The van der Waals surface area contributed by atoms with Crippen molar-refractivity contribution >= 4 is 34.4 Å². The SMILES string of the molecule is CCCCCCCSC(SCCCCCCC)c1c[nH]c2ccccc12. The van der Waals surface area contributed by atoms with Crippen LogP contribution in [-0.4, -0.2) is 16.5 Å². The zero-order valence-corrected chi connectivity index (χ0v) is 18.4. The van der Waals surface area contributed by atoms with Gasteiger partial charge in [-0.25, -0.2) is 0 Å². The van der Waals surface area contributed by atoms with Gasteiger partial charge in [0.05, 0.1) is 4.58 Å². The molecule has 0 aliphatic rings. The summed E-state index contributed by atoms with van der Waals surface area (Å²) in [6, 6.07) is 8.76. The zero-order valence-electron chi connectivity index (χ0n) is 16.8. The molecule has 2 rings (SSSR count). The maximum absolute atomic E-state index is 3.48. The predicted octanol–water partition coefficient (Wildman–Crippen LogP) is 8.57. The fourth-order valence-corrected chi connectivity index (χ4v) is 6.19. The summed E-state index contributed by atoms with van der Waals surface area (Å²) in [6.07, 6.45) is 16.0. The minimum absolute atomic E-state index is 0.573. The number of thioether (sulfide) groups is 2. The highest BCUT2D eigenvalue weighted by Gasteiger charge is 2.16. The predicted molar refractivity (Wildman–Crippen MR) is 123 cm³/mol. The molecular weight excluding hydrogens is 354 g/mol. The number of benzene rings is 1. The quantitative estimate of drug-likeness (QED) is 0.242. The van der Waals surface area contributed by atoms with Gasteiger partial charge in [-0.05, 0) is 30.4 Å². The normalized spacial score (nSPS) is 11.7. The van der Waals surface area contributed by atoms with Gasteiger partial charge in [0.25, 0.3) is 0 Å². The second-order valence-corrected chi connectivity index (χ2v) is 9.92. The maximum Gasteiger partial charge on any atom is 0.0771 e. The molecule has 146 valence electrons. The highest BCUT2D eigenvalue weighted by molar-refractivity contribution is 8.16. The van der Waals surface area contributed by atoms with Crippen LogP contribution in [-0.2, 0) is 0 Å². The lowest BCUT2D eigenvalue weighted by molar-refractivity contribution is 0.659. The third-order valence-corrected chi connectivity index (χ3v) is 7.89. The Balaban J connectivity index is 1.86. The monoisotopic (exact) mass is 391 g/mol. The van der Waals surface area contributed by atoms with Gasteiger partial charge in [-0.2, -0.15) is 0 Å². The lowest BCUT2D eigenvalue weighted by Crippen LogP contribution is -1.93. The molecule has 0 aliphatic carbocycles. The van der Waals surface area contributed by atoms with Gasteiger partial charge in [0.1, 0.15) is 0 Å². The second kappa shape index (κ2) is 13.6. The summed E-state index contributed by atoms with van der Waals surface area (Å²) < 4.78 is 0.573. The Morgan fingerprint density at radius 3 is 1.96 bits per heavy atom. The van der Waals surface area contributed by atoms with Gasteiger partial charge in [0.2, 0.25) is 0 Å². The number of nitrogens with one attached hydrogen (secondary N) is 1. The molecule has 1 aromatic heterocycles. The van der Waals surface area contributed by atoms with E-state index in [1.807, 2.05) is 0 Å². The van der Waals surface area contributed by atoms with Crippen molar-refractivity contribution in [2.24, 2.45) is 0 Å². The van der Waals surface area contributed by atoms with E-state index in [0.717, 1.165) is 0 Å². The Hall–Kier alpha value is -0.540. The lowest BCUT2D eigenvalue weighted by atomic mass is 10.2. The first-order valence-corrected chi connectivity index (χ1v) is 12.8. The summed E-state index contributed by atoms with van der Waals surface area (Å²) in [5.74, 6) is 2.58. The van der Waals surface area contributed by atoms with Crippen molar-refractivity contribution in [3.8, 4) is 0 Å². The van der Waals surface area contributed by atoms with E-state index in [1.165, 1.54) is 92.2 Å². The largest absolute Gasteiger partial charge is 0.361 e. The van der Waals surface area contributed by atoms with Gasteiger partial charge in [0, 0.05) is 22.7 Å². The topological polar surface area (TPSA) is 15.8 Å². The van der Waals surface area contributed by atoms with E-state index < -0.39 is 0 Å². The third kappa shape index (κ3) is 7.60. The highest BCUT2D eigenvalue weighted by Crippen LogP contribution is 2.43. The number of aromatic amines is 1. The van der Waals surface area contributed by atoms with Gasteiger partial charge in [-0.3, -0.25) is 0 Å². The Morgan fingerprint density at radius 1 is 0.769 bits per heavy atom. The first-order chi connectivity index (χ1) is 12.9. The van der Waals surface area contributed by atoms with Crippen LogP contribution in [0, 0.1) is 0 Å². The van der Waals surface area contributed by atoms with Crippen LogP contribution in [0.15, 0.2) is 30.5 Å². The molecule has 0 fully saturated rings. The molecule has 0 saturated heterocycles. The molecule has 0 spiro atoms. The van der Waals surface area contributed by atoms with Crippen molar-refractivity contribution in [3.63, 3.8) is 0 Å². The van der Waals surface area contributed by atoms with Crippen molar-refractivity contribution in [2.75, 3.05) is 11.5 Å². The number of hydrogen-bond acceptors (Lipinski definition) is 2. The highest BCUT2D eigenvalue weighted by atomic mass is 32.2. The number of fused-ring (bicyclic) bond motifs is 1. The van der Waals surface area contributed by atoms with Gasteiger partial charge in [-0.1, -0.05) is 83.4 Å². The fourth-order valence-electron chi connectivity index (χ4n) is 3.31. The van der Waals surface area contributed by atoms with E-state index in [-0.39, 0.29) is 0 Å². The number of hydrogen-bond donors (Lipinski definition) is 1. The number of rotatable bonds is 15. The Kier molecular flexibility index (Phi) is 11.4.